The summed E-state index contributed by atoms with van der Waals surface area (Å²) in [6, 6.07) is 14.0. The van der Waals surface area contributed by atoms with E-state index in [1.807, 2.05) is 24.3 Å². The van der Waals surface area contributed by atoms with E-state index in [0.29, 0.717) is 6.54 Å². The molecule has 0 saturated heterocycles. The molecule has 0 saturated carbocycles. The number of rotatable bonds is 8. The summed E-state index contributed by atoms with van der Waals surface area (Å²) < 4.78 is 5.14. The van der Waals surface area contributed by atoms with Crippen LogP contribution in [0, 0.1) is 0 Å². The predicted octanol–water partition coefficient (Wildman–Crippen LogP) is 3.55. The number of carbonyl (C=O) groups is 1. The zero-order chi connectivity index (χ0) is 17.4. The maximum Gasteiger partial charge on any atom is 0.238 e. The van der Waals surface area contributed by atoms with Crippen LogP contribution in [0.15, 0.2) is 42.5 Å². The fourth-order valence-corrected chi connectivity index (χ4v) is 2.65. The zero-order valence-electron chi connectivity index (χ0n) is 14.7. The number of hydrogen-bond donors (Lipinski definition) is 2. The van der Waals surface area contributed by atoms with Crippen LogP contribution in [0.1, 0.15) is 30.5 Å². The molecular weight excluding hydrogens is 300 g/mol. The second-order valence-electron chi connectivity index (χ2n) is 5.66. The molecule has 0 unspecified atom stereocenters. The molecule has 2 aromatic rings. The van der Waals surface area contributed by atoms with Crippen molar-refractivity contribution in [2.75, 3.05) is 19.0 Å². The van der Waals surface area contributed by atoms with Gasteiger partial charge >= 0.3 is 0 Å². The summed E-state index contributed by atoms with van der Waals surface area (Å²) in [7, 11) is 1.65. The number of para-hydroxylation sites is 1. The van der Waals surface area contributed by atoms with E-state index in [2.05, 4.69) is 42.7 Å². The molecule has 24 heavy (non-hydrogen) atoms. The van der Waals surface area contributed by atoms with E-state index in [9.17, 15) is 4.79 Å². The Morgan fingerprint density at radius 2 is 1.62 bits per heavy atom. The van der Waals surface area contributed by atoms with Gasteiger partial charge in [-0.1, -0.05) is 44.2 Å². The number of amides is 1. The van der Waals surface area contributed by atoms with Crippen LogP contribution in [-0.4, -0.2) is 19.6 Å². The van der Waals surface area contributed by atoms with Crippen LogP contribution in [0.2, 0.25) is 0 Å². The Hall–Kier alpha value is -2.33. The number of aryl methyl sites for hydroxylation is 2. The van der Waals surface area contributed by atoms with Gasteiger partial charge in [-0.25, -0.2) is 0 Å². The quantitative estimate of drug-likeness (QED) is 0.780. The van der Waals surface area contributed by atoms with Crippen molar-refractivity contribution >= 4 is 11.6 Å². The van der Waals surface area contributed by atoms with Gasteiger partial charge in [-0.05, 0) is 41.7 Å². The number of methoxy groups -OCH3 is 1. The second kappa shape index (κ2) is 9.08. The van der Waals surface area contributed by atoms with Gasteiger partial charge in [0.1, 0.15) is 5.75 Å². The highest BCUT2D eigenvalue weighted by atomic mass is 16.5. The lowest BCUT2D eigenvalue weighted by atomic mass is 10.0. The Bertz CT molecular complexity index is 644. The van der Waals surface area contributed by atoms with Crippen LogP contribution in [0.25, 0.3) is 0 Å². The third-order valence-electron chi connectivity index (χ3n) is 4.04. The molecule has 128 valence electrons. The van der Waals surface area contributed by atoms with Crippen molar-refractivity contribution in [1.82, 2.24) is 5.32 Å². The van der Waals surface area contributed by atoms with Gasteiger partial charge in [0, 0.05) is 12.2 Å². The topological polar surface area (TPSA) is 50.4 Å². The maximum absolute atomic E-state index is 12.2. The van der Waals surface area contributed by atoms with Gasteiger partial charge in [0.2, 0.25) is 5.91 Å². The standard InChI is InChI=1S/C20H26N2O2/c1-4-16-7-6-8-17(5-2)20(16)22-19(23)14-21-13-15-9-11-18(24-3)12-10-15/h6-12,21H,4-5,13-14H2,1-3H3,(H,22,23). The Balaban J connectivity index is 1.89. The summed E-state index contributed by atoms with van der Waals surface area (Å²) >= 11 is 0. The first-order valence-electron chi connectivity index (χ1n) is 8.42. The monoisotopic (exact) mass is 326 g/mol. The smallest absolute Gasteiger partial charge is 0.238 e. The predicted molar refractivity (Wildman–Crippen MR) is 98.5 cm³/mol. The number of ether oxygens (including phenoxy) is 1. The van der Waals surface area contributed by atoms with Gasteiger partial charge in [-0.3, -0.25) is 4.79 Å². The minimum Gasteiger partial charge on any atom is -0.497 e. The van der Waals surface area contributed by atoms with Crippen molar-refractivity contribution in [2.45, 2.75) is 33.2 Å². The third-order valence-corrected chi connectivity index (χ3v) is 4.04. The average Bonchev–Trinajstić information content (AvgIpc) is 2.62. The highest BCUT2D eigenvalue weighted by Gasteiger charge is 2.09. The van der Waals surface area contributed by atoms with Crippen LogP contribution in [0.4, 0.5) is 5.69 Å². The molecule has 0 bridgehead atoms. The van der Waals surface area contributed by atoms with E-state index in [0.717, 1.165) is 29.8 Å². The SMILES string of the molecule is CCc1cccc(CC)c1NC(=O)CNCc1ccc(OC)cc1. The second-order valence-corrected chi connectivity index (χ2v) is 5.66. The Morgan fingerprint density at radius 3 is 2.17 bits per heavy atom. The summed E-state index contributed by atoms with van der Waals surface area (Å²) in [5.74, 6) is 0.818. The van der Waals surface area contributed by atoms with Crippen LogP contribution in [0.3, 0.4) is 0 Å². The van der Waals surface area contributed by atoms with E-state index in [-0.39, 0.29) is 12.5 Å². The van der Waals surface area contributed by atoms with Gasteiger partial charge in [-0.15, -0.1) is 0 Å². The van der Waals surface area contributed by atoms with Gasteiger partial charge in [0.25, 0.3) is 0 Å². The van der Waals surface area contributed by atoms with Crippen LogP contribution < -0.4 is 15.4 Å². The van der Waals surface area contributed by atoms with Gasteiger partial charge in [-0.2, -0.15) is 0 Å². The lowest BCUT2D eigenvalue weighted by molar-refractivity contribution is -0.115. The van der Waals surface area contributed by atoms with Gasteiger partial charge < -0.3 is 15.4 Å². The highest BCUT2D eigenvalue weighted by Crippen LogP contribution is 2.22. The van der Waals surface area contributed by atoms with Crippen molar-refractivity contribution in [2.24, 2.45) is 0 Å². The molecule has 0 aliphatic rings. The molecule has 4 heteroatoms. The van der Waals surface area contributed by atoms with E-state index >= 15 is 0 Å². The Labute approximate surface area is 144 Å². The lowest BCUT2D eigenvalue weighted by Gasteiger charge is -2.14. The summed E-state index contributed by atoms with van der Waals surface area (Å²) in [5, 5.41) is 6.25. The summed E-state index contributed by atoms with van der Waals surface area (Å²) in [6.45, 7) is 5.14. The number of anilines is 1. The molecule has 4 nitrogen and oxygen atoms in total. The van der Waals surface area contributed by atoms with Gasteiger partial charge in [0.05, 0.1) is 13.7 Å². The number of benzene rings is 2. The van der Waals surface area contributed by atoms with Crippen LogP contribution >= 0.6 is 0 Å². The van der Waals surface area contributed by atoms with Crippen molar-refractivity contribution in [3.05, 3.63) is 59.2 Å². The first-order chi connectivity index (χ1) is 11.7. The summed E-state index contributed by atoms with van der Waals surface area (Å²) in [6.07, 6.45) is 1.81. The highest BCUT2D eigenvalue weighted by molar-refractivity contribution is 5.93. The molecule has 1 amide bonds. The van der Waals surface area contributed by atoms with Crippen LogP contribution in [-0.2, 0) is 24.2 Å². The zero-order valence-corrected chi connectivity index (χ0v) is 14.7. The molecule has 0 heterocycles. The Morgan fingerprint density at radius 1 is 1.00 bits per heavy atom. The van der Waals surface area contributed by atoms with Crippen molar-refractivity contribution in [1.29, 1.82) is 0 Å². The normalized spacial score (nSPS) is 10.5. The molecule has 0 aromatic heterocycles. The van der Waals surface area contributed by atoms with Crippen molar-refractivity contribution < 1.29 is 9.53 Å². The van der Waals surface area contributed by atoms with E-state index in [1.165, 1.54) is 11.1 Å². The minimum atomic E-state index is -0.0147. The average molecular weight is 326 g/mol. The first kappa shape index (κ1) is 18.0. The molecular formula is C20H26N2O2. The number of hydrogen-bond acceptors (Lipinski definition) is 3. The fourth-order valence-electron chi connectivity index (χ4n) is 2.65. The van der Waals surface area contributed by atoms with Gasteiger partial charge in [0.15, 0.2) is 0 Å². The molecule has 0 aliphatic heterocycles. The summed E-state index contributed by atoms with van der Waals surface area (Å²) in [4.78, 5) is 12.2. The summed E-state index contributed by atoms with van der Waals surface area (Å²) in [5.41, 5.74) is 4.45. The molecule has 2 aromatic carbocycles. The van der Waals surface area contributed by atoms with E-state index in [4.69, 9.17) is 4.74 Å². The number of nitrogens with one attached hydrogen (secondary N) is 2. The first-order valence-corrected chi connectivity index (χ1v) is 8.42. The molecule has 2 rings (SSSR count). The van der Waals surface area contributed by atoms with E-state index < -0.39 is 0 Å². The number of carbonyl (C=O) groups excluding carboxylic acids is 1. The molecule has 0 radical (unpaired) electrons. The molecule has 0 aliphatic carbocycles. The molecule has 0 spiro atoms. The maximum atomic E-state index is 12.2. The molecule has 0 atom stereocenters. The van der Waals surface area contributed by atoms with Crippen molar-refractivity contribution in [3.63, 3.8) is 0 Å². The Kier molecular flexibility index (Phi) is 6.82. The van der Waals surface area contributed by atoms with E-state index in [1.54, 1.807) is 7.11 Å². The van der Waals surface area contributed by atoms with Crippen LogP contribution in [0.5, 0.6) is 5.75 Å². The largest absolute Gasteiger partial charge is 0.497 e. The van der Waals surface area contributed by atoms with Crippen molar-refractivity contribution in [3.8, 4) is 5.75 Å². The lowest BCUT2D eigenvalue weighted by Crippen LogP contribution is -2.28. The third kappa shape index (κ3) is 4.83. The molecule has 0 fully saturated rings. The fraction of sp³-hybridized carbons (Fsp3) is 0.350. The molecule has 2 N–H and O–H groups in total. The minimum absolute atomic E-state index is 0.0147.